The van der Waals surface area contributed by atoms with E-state index < -0.39 is 5.97 Å². The molecule has 0 saturated carbocycles. The van der Waals surface area contributed by atoms with Crippen LogP contribution < -0.4 is 10.5 Å². The van der Waals surface area contributed by atoms with E-state index in [1.165, 1.54) is 42.5 Å². The topological polar surface area (TPSA) is 113 Å². The third-order valence-corrected chi connectivity index (χ3v) is 3.88. The largest absolute Gasteiger partial charge is 0.508 e. The Morgan fingerprint density at radius 2 is 1.46 bits per heavy atom. The Morgan fingerprint density at radius 1 is 0.857 bits per heavy atom. The summed E-state index contributed by atoms with van der Waals surface area (Å²) in [4.78, 5) is 25.2. The first-order valence-corrected chi connectivity index (χ1v) is 8.05. The fourth-order valence-electron chi connectivity index (χ4n) is 2.47. The van der Waals surface area contributed by atoms with Crippen molar-refractivity contribution in [2.24, 2.45) is 5.73 Å². The van der Waals surface area contributed by atoms with Crippen molar-refractivity contribution in [3.8, 4) is 11.5 Å². The van der Waals surface area contributed by atoms with Gasteiger partial charge in [-0.1, -0.05) is 30.3 Å². The Morgan fingerprint density at radius 3 is 2.07 bits per heavy atom. The SMILES string of the molecule is Br.N=C(N)c1ccc(OC(=O)c2ccc(O)cc2)c(C(=O)c2ccccc2)c1. The number of benzene rings is 3. The number of phenols is 1. The first kappa shape index (κ1) is 20.9. The molecule has 0 aliphatic rings. The summed E-state index contributed by atoms with van der Waals surface area (Å²) in [5.41, 5.74) is 6.63. The van der Waals surface area contributed by atoms with E-state index in [0.29, 0.717) is 11.1 Å². The van der Waals surface area contributed by atoms with E-state index in [2.05, 4.69) is 0 Å². The van der Waals surface area contributed by atoms with Gasteiger partial charge in [-0.2, -0.15) is 0 Å². The lowest BCUT2D eigenvalue weighted by molar-refractivity contribution is 0.0733. The minimum atomic E-state index is -0.673. The predicted octanol–water partition coefficient (Wildman–Crippen LogP) is 3.70. The highest BCUT2D eigenvalue weighted by Gasteiger charge is 2.19. The van der Waals surface area contributed by atoms with E-state index in [4.69, 9.17) is 15.9 Å². The Hall–Kier alpha value is -3.45. The summed E-state index contributed by atoms with van der Waals surface area (Å²) in [5, 5.41) is 16.9. The Balaban J connectivity index is 0.00000280. The van der Waals surface area contributed by atoms with Gasteiger partial charge in [-0.25, -0.2) is 4.79 Å². The highest BCUT2D eigenvalue weighted by molar-refractivity contribution is 8.93. The number of phenolic OH excluding ortho intramolecular Hbond substituents is 1. The zero-order chi connectivity index (χ0) is 19.4. The molecule has 0 bridgehead atoms. The maximum Gasteiger partial charge on any atom is 0.343 e. The molecule has 0 spiro atoms. The zero-order valence-electron chi connectivity index (χ0n) is 14.6. The first-order valence-electron chi connectivity index (χ1n) is 8.05. The number of hydrogen-bond donors (Lipinski definition) is 3. The summed E-state index contributed by atoms with van der Waals surface area (Å²) in [6.45, 7) is 0. The maximum atomic E-state index is 12.9. The molecule has 3 aromatic carbocycles. The number of nitrogen functional groups attached to an aromatic ring is 1. The molecule has 0 saturated heterocycles. The Labute approximate surface area is 171 Å². The number of ketones is 1. The van der Waals surface area contributed by atoms with Gasteiger partial charge in [0, 0.05) is 11.1 Å². The van der Waals surface area contributed by atoms with Crippen molar-refractivity contribution >= 4 is 34.6 Å². The number of halogens is 1. The molecule has 0 aliphatic heterocycles. The summed E-state index contributed by atoms with van der Waals surface area (Å²) in [5.74, 6) is -1.14. The third kappa shape index (κ3) is 4.63. The fraction of sp³-hybridized carbons (Fsp3) is 0. The highest BCUT2D eigenvalue weighted by atomic mass is 79.9. The standard InChI is InChI=1S/C21H16N2O4.BrH/c22-20(23)15-8-11-18(27-21(26)14-6-9-16(24)10-7-14)17(12-15)19(25)13-4-2-1-3-5-13;/h1-12,24H,(H3,22,23);1H. The molecule has 0 aliphatic carbocycles. The van der Waals surface area contributed by atoms with Crippen molar-refractivity contribution in [2.75, 3.05) is 0 Å². The van der Waals surface area contributed by atoms with Crippen molar-refractivity contribution in [2.45, 2.75) is 0 Å². The fourth-order valence-corrected chi connectivity index (χ4v) is 2.47. The average Bonchev–Trinajstić information content (AvgIpc) is 2.68. The first-order chi connectivity index (χ1) is 13.0. The van der Waals surface area contributed by atoms with E-state index in [-0.39, 0.29) is 51.2 Å². The van der Waals surface area contributed by atoms with Crippen molar-refractivity contribution in [1.82, 2.24) is 0 Å². The minimum Gasteiger partial charge on any atom is -0.508 e. The second-order valence-electron chi connectivity index (χ2n) is 5.76. The monoisotopic (exact) mass is 440 g/mol. The van der Waals surface area contributed by atoms with Crippen molar-refractivity contribution in [3.63, 3.8) is 0 Å². The van der Waals surface area contributed by atoms with E-state index >= 15 is 0 Å². The van der Waals surface area contributed by atoms with Crippen LogP contribution in [-0.2, 0) is 0 Å². The third-order valence-electron chi connectivity index (χ3n) is 3.88. The number of hydrogen-bond acceptors (Lipinski definition) is 5. The second kappa shape index (κ2) is 8.96. The normalized spacial score (nSPS) is 9.86. The van der Waals surface area contributed by atoms with Gasteiger partial charge in [0.1, 0.15) is 17.3 Å². The molecule has 0 radical (unpaired) electrons. The summed E-state index contributed by atoms with van der Waals surface area (Å²) in [6.07, 6.45) is 0. The van der Waals surface area contributed by atoms with Gasteiger partial charge < -0.3 is 15.6 Å². The van der Waals surface area contributed by atoms with Crippen LogP contribution in [0.2, 0.25) is 0 Å². The van der Waals surface area contributed by atoms with E-state index in [1.807, 2.05) is 0 Å². The molecule has 7 heteroatoms. The highest BCUT2D eigenvalue weighted by Crippen LogP contribution is 2.25. The molecule has 0 atom stereocenters. The number of nitrogens with one attached hydrogen (secondary N) is 1. The smallest absolute Gasteiger partial charge is 0.343 e. The number of carbonyl (C=O) groups excluding carboxylic acids is 2. The molecule has 0 heterocycles. The lowest BCUT2D eigenvalue weighted by Gasteiger charge is -2.11. The minimum absolute atomic E-state index is 0. The Kier molecular flexibility index (Phi) is 6.68. The molecule has 3 rings (SSSR count). The summed E-state index contributed by atoms with van der Waals surface area (Å²) in [7, 11) is 0. The van der Waals surface area contributed by atoms with Crippen LogP contribution in [0.4, 0.5) is 0 Å². The predicted molar refractivity (Wildman–Crippen MR) is 111 cm³/mol. The molecule has 142 valence electrons. The zero-order valence-corrected chi connectivity index (χ0v) is 16.3. The molecule has 0 unspecified atom stereocenters. The van der Waals surface area contributed by atoms with Gasteiger partial charge in [0.25, 0.3) is 0 Å². The van der Waals surface area contributed by atoms with Gasteiger partial charge in [-0.15, -0.1) is 17.0 Å². The van der Waals surface area contributed by atoms with Gasteiger partial charge in [-0.3, -0.25) is 10.2 Å². The average molecular weight is 441 g/mol. The number of nitrogens with two attached hydrogens (primary N) is 1. The molecule has 4 N–H and O–H groups in total. The molecule has 0 amide bonds. The van der Waals surface area contributed by atoms with Crippen LogP contribution in [0.5, 0.6) is 11.5 Å². The molecule has 6 nitrogen and oxygen atoms in total. The van der Waals surface area contributed by atoms with Crippen molar-refractivity contribution in [1.29, 1.82) is 5.41 Å². The number of esters is 1. The lowest BCUT2D eigenvalue weighted by Crippen LogP contribution is -2.15. The van der Waals surface area contributed by atoms with Gasteiger partial charge in [0.15, 0.2) is 5.78 Å². The van der Waals surface area contributed by atoms with E-state index in [1.54, 1.807) is 30.3 Å². The number of amidine groups is 1. The summed E-state index contributed by atoms with van der Waals surface area (Å²) >= 11 is 0. The maximum absolute atomic E-state index is 12.9. The van der Waals surface area contributed by atoms with E-state index in [9.17, 15) is 14.7 Å². The van der Waals surface area contributed by atoms with Gasteiger partial charge in [-0.05, 0) is 42.5 Å². The number of ether oxygens (including phenoxy) is 1. The molecule has 0 aromatic heterocycles. The summed E-state index contributed by atoms with van der Waals surface area (Å²) < 4.78 is 5.40. The molecule has 3 aromatic rings. The molecule has 28 heavy (non-hydrogen) atoms. The Bertz CT molecular complexity index is 1020. The van der Waals surface area contributed by atoms with Crippen LogP contribution in [0.1, 0.15) is 31.8 Å². The molecular weight excluding hydrogens is 424 g/mol. The van der Waals surface area contributed by atoms with Gasteiger partial charge in [0.05, 0.1) is 11.1 Å². The van der Waals surface area contributed by atoms with Crippen LogP contribution in [-0.4, -0.2) is 22.7 Å². The van der Waals surface area contributed by atoms with E-state index in [0.717, 1.165) is 0 Å². The van der Waals surface area contributed by atoms with Crippen LogP contribution in [0, 0.1) is 5.41 Å². The summed E-state index contributed by atoms with van der Waals surface area (Å²) in [6, 6.07) is 18.5. The van der Waals surface area contributed by atoms with Crippen LogP contribution in [0.15, 0.2) is 72.8 Å². The van der Waals surface area contributed by atoms with Gasteiger partial charge in [0.2, 0.25) is 0 Å². The van der Waals surface area contributed by atoms with Crippen LogP contribution in [0.25, 0.3) is 0 Å². The molecule has 0 fully saturated rings. The number of rotatable bonds is 5. The van der Waals surface area contributed by atoms with Crippen LogP contribution >= 0.6 is 17.0 Å². The quantitative estimate of drug-likeness (QED) is 0.184. The number of aromatic hydroxyl groups is 1. The second-order valence-corrected chi connectivity index (χ2v) is 5.76. The number of carbonyl (C=O) groups is 2. The lowest BCUT2D eigenvalue weighted by atomic mass is 10.00. The van der Waals surface area contributed by atoms with Crippen LogP contribution in [0.3, 0.4) is 0 Å². The van der Waals surface area contributed by atoms with Crippen molar-refractivity contribution in [3.05, 3.63) is 95.1 Å². The molecular formula is C21H17BrN2O4. The van der Waals surface area contributed by atoms with Crippen molar-refractivity contribution < 1.29 is 19.4 Å². The van der Waals surface area contributed by atoms with Gasteiger partial charge >= 0.3 is 5.97 Å².